The molecule has 9 heteroatoms. The van der Waals surface area contributed by atoms with Crippen molar-refractivity contribution >= 4 is 34.7 Å². The van der Waals surface area contributed by atoms with Crippen molar-refractivity contribution in [1.82, 2.24) is 19.7 Å². The van der Waals surface area contributed by atoms with E-state index < -0.39 is 0 Å². The summed E-state index contributed by atoms with van der Waals surface area (Å²) >= 11 is 3.01. The lowest BCUT2D eigenvalue weighted by Crippen LogP contribution is -2.30. The van der Waals surface area contributed by atoms with Crippen molar-refractivity contribution in [2.45, 2.75) is 37.4 Å². The third-order valence-corrected chi connectivity index (χ3v) is 7.91. The maximum Gasteiger partial charge on any atom is 0.237 e. The Kier molecular flexibility index (Phi) is 5.45. The van der Waals surface area contributed by atoms with Gasteiger partial charge in [-0.3, -0.25) is 9.36 Å². The molecule has 2 aromatic heterocycles. The maximum atomic E-state index is 14.4. The first-order valence-electron chi connectivity index (χ1n) is 11.3. The van der Waals surface area contributed by atoms with Gasteiger partial charge in [-0.1, -0.05) is 30.0 Å². The molecule has 172 valence electrons. The molecule has 1 amide bonds. The number of rotatable bonds is 6. The zero-order chi connectivity index (χ0) is 23.2. The highest BCUT2D eigenvalue weighted by atomic mass is 32.2. The number of amides is 1. The van der Waals surface area contributed by atoms with Crippen molar-refractivity contribution in [2.24, 2.45) is 0 Å². The molecule has 0 bridgehead atoms. The minimum absolute atomic E-state index is 0.0405. The lowest BCUT2D eigenvalue weighted by molar-refractivity contribution is -0.116. The molecule has 4 aromatic rings. The number of carbonyl (C=O) groups excluding carboxylic acids is 1. The fraction of sp³-hybridized carbons (Fsp3) is 0.280. The normalized spacial score (nSPS) is 15.1. The van der Waals surface area contributed by atoms with Gasteiger partial charge in [0.1, 0.15) is 5.82 Å². The summed E-state index contributed by atoms with van der Waals surface area (Å²) in [6, 6.07) is 13.1. The van der Waals surface area contributed by atoms with Gasteiger partial charge in [0.2, 0.25) is 5.91 Å². The Bertz CT molecular complexity index is 1390. The van der Waals surface area contributed by atoms with Gasteiger partial charge in [0.25, 0.3) is 0 Å². The monoisotopic (exact) mass is 491 g/mol. The topological polar surface area (TPSA) is 63.9 Å². The van der Waals surface area contributed by atoms with Crippen molar-refractivity contribution in [3.05, 3.63) is 64.2 Å². The lowest BCUT2D eigenvalue weighted by atomic mass is 10.1. The van der Waals surface area contributed by atoms with E-state index in [1.54, 1.807) is 29.5 Å². The Morgan fingerprint density at radius 2 is 2.06 bits per heavy atom. The van der Waals surface area contributed by atoms with Gasteiger partial charge in [-0.25, -0.2) is 9.37 Å². The first-order chi connectivity index (χ1) is 16.6. The summed E-state index contributed by atoms with van der Waals surface area (Å²) in [4.78, 5) is 19.6. The van der Waals surface area contributed by atoms with Crippen LogP contribution in [-0.2, 0) is 11.2 Å². The Morgan fingerprint density at radius 1 is 1.21 bits per heavy atom. The first kappa shape index (κ1) is 21.5. The molecular formula is C25H22FN5OS2. The maximum absolute atomic E-state index is 14.4. The predicted molar refractivity (Wildman–Crippen MR) is 133 cm³/mol. The Morgan fingerprint density at radius 3 is 2.82 bits per heavy atom. The van der Waals surface area contributed by atoms with E-state index in [1.165, 1.54) is 23.4 Å². The average molecular weight is 492 g/mol. The van der Waals surface area contributed by atoms with Crippen LogP contribution in [0.25, 0.3) is 22.6 Å². The summed E-state index contributed by atoms with van der Waals surface area (Å²) in [6.07, 6.45) is 2.86. The van der Waals surface area contributed by atoms with Crippen LogP contribution in [0.5, 0.6) is 0 Å². The molecule has 1 fully saturated rings. The van der Waals surface area contributed by atoms with Gasteiger partial charge in [-0.15, -0.1) is 21.5 Å². The van der Waals surface area contributed by atoms with Crippen molar-refractivity contribution in [3.63, 3.8) is 0 Å². The number of hydrogen-bond donors (Lipinski definition) is 0. The molecule has 0 unspecified atom stereocenters. The third kappa shape index (κ3) is 3.92. The number of aryl methyl sites for hydroxylation is 1. The summed E-state index contributed by atoms with van der Waals surface area (Å²) < 4.78 is 16.4. The fourth-order valence-electron chi connectivity index (χ4n) is 4.38. The standard InChI is InChI=1S/C25H22FN5OS2/c1-15-27-21(13-33-15)16-6-9-22-17(12-16)10-11-30(22)23(32)14-34-25-29-28-24(31(25)18-7-8-18)19-4-2-3-5-20(19)26/h2-6,9,12-13,18H,7-8,10-11,14H2,1H3. The van der Waals surface area contributed by atoms with E-state index >= 15 is 0 Å². The molecule has 2 aromatic carbocycles. The molecule has 1 aliphatic carbocycles. The van der Waals surface area contributed by atoms with Crippen LogP contribution in [0.2, 0.25) is 0 Å². The SMILES string of the molecule is Cc1nc(-c2ccc3c(c2)CCN3C(=O)CSc2nnc(-c3ccccc3F)n2C2CC2)cs1. The second kappa shape index (κ2) is 8.63. The van der Waals surface area contributed by atoms with E-state index in [4.69, 9.17) is 0 Å². The van der Waals surface area contributed by atoms with Crippen molar-refractivity contribution < 1.29 is 9.18 Å². The van der Waals surface area contributed by atoms with E-state index in [1.807, 2.05) is 28.5 Å². The number of benzene rings is 2. The van der Waals surface area contributed by atoms with Gasteiger partial charge in [-0.2, -0.15) is 0 Å². The van der Waals surface area contributed by atoms with Gasteiger partial charge < -0.3 is 4.90 Å². The predicted octanol–water partition coefficient (Wildman–Crippen LogP) is 5.53. The van der Waals surface area contributed by atoms with E-state index in [2.05, 4.69) is 26.6 Å². The molecule has 6 nitrogen and oxygen atoms in total. The van der Waals surface area contributed by atoms with Crippen LogP contribution >= 0.6 is 23.1 Å². The molecule has 34 heavy (non-hydrogen) atoms. The van der Waals surface area contributed by atoms with Gasteiger partial charge in [0.15, 0.2) is 11.0 Å². The largest absolute Gasteiger partial charge is 0.311 e. The van der Waals surface area contributed by atoms with Crippen LogP contribution in [0.4, 0.5) is 10.1 Å². The molecule has 0 atom stereocenters. The summed E-state index contributed by atoms with van der Waals surface area (Å²) in [7, 11) is 0. The molecule has 2 aliphatic rings. The minimum atomic E-state index is -0.315. The van der Waals surface area contributed by atoms with E-state index in [-0.39, 0.29) is 23.5 Å². The van der Waals surface area contributed by atoms with Crippen LogP contribution in [0.3, 0.4) is 0 Å². The zero-order valence-electron chi connectivity index (χ0n) is 18.6. The Hall–Kier alpha value is -3.04. The molecule has 6 rings (SSSR count). The smallest absolute Gasteiger partial charge is 0.237 e. The summed E-state index contributed by atoms with van der Waals surface area (Å²) in [5, 5.41) is 12.4. The van der Waals surface area contributed by atoms with Crippen molar-refractivity contribution in [2.75, 3.05) is 17.2 Å². The summed E-state index contributed by atoms with van der Waals surface area (Å²) in [5.41, 5.74) is 4.65. The average Bonchev–Trinajstić information content (AvgIpc) is 3.24. The molecule has 1 saturated carbocycles. The Labute approximate surface area is 204 Å². The number of thioether (sulfide) groups is 1. The van der Waals surface area contributed by atoms with E-state index in [0.717, 1.165) is 41.2 Å². The van der Waals surface area contributed by atoms with Gasteiger partial charge in [-0.05, 0) is 56.0 Å². The second-order valence-electron chi connectivity index (χ2n) is 8.57. The fourth-order valence-corrected chi connectivity index (χ4v) is 5.89. The van der Waals surface area contributed by atoms with Gasteiger partial charge >= 0.3 is 0 Å². The number of anilines is 1. The van der Waals surface area contributed by atoms with E-state index in [9.17, 15) is 9.18 Å². The van der Waals surface area contributed by atoms with E-state index in [0.29, 0.717) is 23.1 Å². The molecule has 0 N–H and O–H groups in total. The first-order valence-corrected chi connectivity index (χ1v) is 13.1. The van der Waals surface area contributed by atoms with Crippen molar-refractivity contribution in [1.29, 1.82) is 0 Å². The number of hydrogen-bond acceptors (Lipinski definition) is 6. The third-order valence-electron chi connectivity index (χ3n) is 6.21. The zero-order valence-corrected chi connectivity index (χ0v) is 20.2. The number of halogens is 1. The van der Waals surface area contributed by atoms with Gasteiger partial charge in [0.05, 0.1) is 22.0 Å². The summed E-state index contributed by atoms with van der Waals surface area (Å²) in [5.74, 6) is 0.519. The molecule has 0 spiro atoms. The number of fused-ring (bicyclic) bond motifs is 1. The molecular weight excluding hydrogens is 469 g/mol. The number of carbonyl (C=O) groups is 1. The van der Waals surface area contributed by atoms with Crippen LogP contribution in [0.15, 0.2) is 53.0 Å². The van der Waals surface area contributed by atoms with Crippen LogP contribution < -0.4 is 4.90 Å². The minimum Gasteiger partial charge on any atom is -0.311 e. The molecule has 1 aliphatic heterocycles. The van der Waals surface area contributed by atoms with Crippen LogP contribution in [0.1, 0.15) is 29.5 Å². The molecule has 0 saturated heterocycles. The quantitative estimate of drug-likeness (QED) is 0.332. The highest BCUT2D eigenvalue weighted by Crippen LogP contribution is 2.41. The number of thiazole rings is 1. The number of aromatic nitrogens is 4. The second-order valence-corrected chi connectivity index (χ2v) is 10.6. The highest BCUT2D eigenvalue weighted by Gasteiger charge is 2.32. The van der Waals surface area contributed by atoms with Crippen molar-refractivity contribution in [3.8, 4) is 22.6 Å². The van der Waals surface area contributed by atoms with Crippen LogP contribution in [-0.4, -0.2) is 38.0 Å². The highest BCUT2D eigenvalue weighted by molar-refractivity contribution is 7.99. The Balaban J connectivity index is 1.19. The molecule has 0 radical (unpaired) electrons. The molecule has 3 heterocycles. The van der Waals surface area contributed by atoms with Crippen LogP contribution in [0, 0.1) is 12.7 Å². The number of nitrogens with zero attached hydrogens (tertiary/aromatic N) is 5. The summed E-state index contributed by atoms with van der Waals surface area (Å²) in [6.45, 7) is 2.67. The lowest BCUT2D eigenvalue weighted by Gasteiger charge is -2.17. The van der Waals surface area contributed by atoms with Gasteiger partial charge in [0, 0.05) is 29.2 Å².